The van der Waals surface area contributed by atoms with Crippen molar-refractivity contribution in [1.29, 1.82) is 0 Å². The summed E-state index contributed by atoms with van der Waals surface area (Å²) in [5, 5.41) is 2.87. The first-order valence-corrected chi connectivity index (χ1v) is 9.57. The molecular weight excluding hydrogens is 436 g/mol. The maximum absolute atomic E-state index is 12.7. The molecule has 146 valence electrons. The first-order valence-electron chi connectivity index (χ1n) is 8.78. The number of amides is 1. The minimum Gasteiger partial charge on any atom is -0.495 e. The van der Waals surface area contributed by atoms with E-state index in [0.717, 1.165) is 16.7 Å². The summed E-state index contributed by atoms with van der Waals surface area (Å²) in [4.78, 5) is 17.1. The van der Waals surface area contributed by atoms with Crippen LogP contribution in [0.5, 0.6) is 11.5 Å². The molecule has 0 bridgehead atoms. The number of anilines is 1. The SMILES string of the molecule is COc1cc(C(=O)Nc2ccc(-c3nc4ccccc4o3)cc2)cc(OC)c1Br. The lowest BCUT2D eigenvalue weighted by atomic mass is 10.1. The molecule has 0 radical (unpaired) electrons. The molecule has 0 aliphatic heterocycles. The molecule has 0 unspecified atom stereocenters. The van der Waals surface area contributed by atoms with Gasteiger partial charge in [0.05, 0.1) is 14.2 Å². The number of para-hydroxylation sites is 2. The Morgan fingerprint density at radius 1 is 1.00 bits per heavy atom. The van der Waals surface area contributed by atoms with Crippen molar-refractivity contribution in [1.82, 2.24) is 4.98 Å². The molecule has 0 saturated carbocycles. The molecule has 7 heteroatoms. The number of fused-ring (bicyclic) bond motifs is 1. The number of carbonyl (C=O) groups excluding carboxylic acids is 1. The van der Waals surface area contributed by atoms with Gasteiger partial charge in [-0.05, 0) is 64.5 Å². The Morgan fingerprint density at radius 2 is 1.66 bits per heavy atom. The van der Waals surface area contributed by atoms with Crippen molar-refractivity contribution in [2.75, 3.05) is 19.5 Å². The first-order chi connectivity index (χ1) is 14.1. The number of ether oxygens (including phenoxy) is 2. The Balaban J connectivity index is 1.55. The molecule has 4 aromatic rings. The van der Waals surface area contributed by atoms with Gasteiger partial charge in [-0.1, -0.05) is 12.1 Å². The molecule has 0 fully saturated rings. The number of nitrogens with zero attached hydrogens (tertiary/aromatic N) is 1. The quantitative estimate of drug-likeness (QED) is 0.431. The van der Waals surface area contributed by atoms with Gasteiger partial charge in [0.15, 0.2) is 5.58 Å². The van der Waals surface area contributed by atoms with E-state index in [-0.39, 0.29) is 5.91 Å². The van der Waals surface area contributed by atoms with Crippen molar-refractivity contribution in [3.63, 3.8) is 0 Å². The molecule has 4 rings (SSSR count). The number of nitrogens with one attached hydrogen (secondary N) is 1. The van der Waals surface area contributed by atoms with E-state index in [1.165, 1.54) is 14.2 Å². The maximum Gasteiger partial charge on any atom is 0.255 e. The second-order valence-corrected chi connectivity index (χ2v) is 7.01. The van der Waals surface area contributed by atoms with Crippen LogP contribution in [0.4, 0.5) is 5.69 Å². The molecular formula is C22H17BrN2O4. The van der Waals surface area contributed by atoms with Gasteiger partial charge >= 0.3 is 0 Å². The molecule has 1 heterocycles. The minimum atomic E-state index is -0.274. The number of rotatable bonds is 5. The number of carbonyl (C=O) groups is 1. The molecule has 0 aliphatic rings. The second-order valence-electron chi connectivity index (χ2n) is 6.21. The summed E-state index contributed by atoms with van der Waals surface area (Å²) in [6.07, 6.45) is 0. The fourth-order valence-corrected chi connectivity index (χ4v) is 3.45. The molecule has 0 aliphatic carbocycles. The normalized spacial score (nSPS) is 10.7. The van der Waals surface area contributed by atoms with Crippen LogP contribution in [-0.2, 0) is 0 Å². The van der Waals surface area contributed by atoms with Gasteiger partial charge in [-0.2, -0.15) is 0 Å². The molecule has 0 saturated heterocycles. The predicted molar refractivity (Wildman–Crippen MR) is 115 cm³/mol. The number of hydrogen-bond donors (Lipinski definition) is 1. The molecule has 29 heavy (non-hydrogen) atoms. The van der Waals surface area contributed by atoms with E-state index in [0.29, 0.717) is 33.1 Å². The zero-order valence-corrected chi connectivity index (χ0v) is 17.3. The summed E-state index contributed by atoms with van der Waals surface area (Å²) in [6.45, 7) is 0. The summed E-state index contributed by atoms with van der Waals surface area (Å²) in [7, 11) is 3.07. The van der Waals surface area contributed by atoms with E-state index in [2.05, 4.69) is 26.2 Å². The molecule has 1 N–H and O–H groups in total. The van der Waals surface area contributed by atoms with Crippen LogP contribution in [0.1, 0.15) is 10.4 Å². The lowest BCUT2D eigenvalue weighted by molar-refractivity contribution is 0.102. The highest BCUT2D eigenvalue weighted by Gasteiger charge is 2.15. The molecule has 0 atom stereocenters. The van der Waals surface area contributed by atoms with Gasteiger partial charge in [0.25, 0.3) is 5.91 Å². The van der Waals surface area contributed by atoms with Gasteiger partial charge in [-0.15, -0.1) is 0 Å². The molecule has 6 nitrogen and oxygen atoms in total. The van der Waals surface area contributed by atoms with Gasteiger partial charge in [-0.3, -0.25) is 4.79 Å². The Morgan fingerprint density at radius 3 is 2.28 bits per heavy atom. The fraction of sp³-hybridized carbons (Fsp3) is 0.0909. The van der Waals surface area contributed by atoms with Crippen LogP contribution in [0.25, 0.3) is 22.6 Å². The monoisotopic (exact) mass is 452 g/mol. The first kappa shape index (κ1) is 19.0. The zero-order valence-electron chi connectivity index (χ0n) is 15.7. The van der Waals surface area contributed by atoms with Crippen LogP contribution in [0, 0.1) is 0 Å². The van der Waals surface area contributed by atoms with Gasteiger partial charge in [-0.25, -0.2) is 4.98 Å². The molecule has 1 aromatic heterocycles. The summed E-state index contributed by atoms with van der Waals surface area (Å²) >= 11 is 3.40. The number of methoxy groups -OCH3 is 2. The van der Waals surface area contributed by atoms with Gasteiger partial charge in [0, 0.05) is 16.8 Å². The van der Waals surface area contributed by atoms with Crippen molar-refractivity contribution in [2.45, 2.75) is 0 Å². The average molecular weight is 453 g/mol. The number of hydrogen-bond acceptors (Lipinski definition) is 5. The Kier molecular flexibility index (Phi) is 5.22. The number of aromatic nitrogens is 1. The Labute approximate surface area is 175 Å². The summed E-state index contributed by atoms with van der Waals surface area (Å²) in [5.74, 6) is 1.29. The Bertz CT molecular complexity index is 1130. The van der Waals surface area contributed by atoms with Crippen LogP contribution < -0.4 is 14.8 Å². The van der Waals surface area contributed by atoms with E-state index in [9.17, 15) is 4.79 Å². The highest BCUT2D eigenvalue weighted by Crippen LogP contribution is 2.36. The van der Waals surface area contributed by atoms with Gasteiger partial charge < -0.3 is 19.2 Å². The van der Waals surface area contributed by atoms with Crippen molar-refractivity contribution in [3.05, 3.63) is 70.7 Å². The van der Waals surface area contributed by atoms with E-state index in [4.69, 9.17) is 13.9 Å². The smallest absolute Gasteiger partial charge is 0.255 e. The summed E-state index contributed by atoms with van der Waals surface area (Å²) in [5.41, 5.74) is 3.43. The minimum absolute atomic E-state index is 0.274. The third-order valence-corrected chi connectivity index (χ3v) is 5.17. The van der Waals surface area contributed by atoms with E-state index >= 15 is 0 Å². The molecule has 1 amide bonds. The van der Waals surface area contributed by atoms with Crippen LogP contribution in [0.3, 0.4) is 0 Å². The van der Waals surface area contributed by atoms with E-state index in [1.54, 1.807) is 24.3 Å². The summed E-state index contributed by atoms with van der Waals surface area (Å²) in [6, 6.07) is 18.2. The van der Waals surface area contributed by atoms with Crippen LogP contribution in [-0.4, -0.2) is 25.1 Å². The molecule has 0 spiro atoms. The van der Waals surface area contributed by atoms with E-state index in [1.807, 2.05) is 36.4 Å². The van der Waals surface area contributed by atoms with Gasteiger partial charge in [0.1, 0.15) is 21.5 Å². The topological polar surface area (TPSA) is 73.6 Å². The van der Waals surface area contributed by atoms with Crippen molar-refractivity contribution in [3.8, 4) is 23.0 Å². The van der Waals surface area contributed by atoms with Crippen LogP contribution >= 0.6 is 15.9 Å². The number of oxazole rings is 1. The lowest BCUT2D eigenvalue weighted by Crippen LogP contribution is -2.12. The Hall–Kier alpha value is -3.32. The van der Waals surface area contributed by atoms with Crippen molar-refractivity contribution >= 4 is 38.6 Å². The van der Waals surface area contributed by atoms with Crippen molar-refractivity contribution in [2.24, 2.45) is 0 Å². The third kappa shape index (κ3) is 3.82. The number of benzene rings is 3. The largest absolute Gasteiger partial charge is 0.495 e. The van der Waals surface area contributed by atoms with Gasteiger partial charge in [0.2, 0.25) is 5.89 Å². The van der Waals surface area contributed by atoms with E-state index < -0.39 is 0 Å². The predicted octanol–water partition coefficient (Wildman–Crippen LogP) is 5.53. The molecule has 3 aromatic carbocycles. The zero-order chi connectivity index (χ0) is 20.4. The van der Waals surface area contributed by atoms with Crippen LogP contribution in [0.2, 0.25) is 0 Å². The summed E-state index contributed by atoms with van der Waals surface area (Å²) < 4.78 is 17.0. The average Bonchev–Trinajstić information content (AvgIpc) is 3.18. The fourth-order valence-electron chi connectivity index (χ4n) is 2.90. The number of halogens is 1. The maximum atomic E-state index is 12.7. The second kappa shape index (κ2) is 7.97. The third-order valence-electron chi connectivity index (χ3n) is 4.39. The van der Waals surface area contributed by atoms with Crippen molar-refractivity contribution < 1.29 is 18.7 Å². The van der Waals surface area contributed by atoms with Crippen LogP contribution in [0.15, 0.2) is 69.6 Å². The lowest BCUT2D eigenvalue weighted by Gasteiger charge is -2.12. The highest BCUT2D eigenvalue weighted by atomic mass is 79.9. The highest BCUT2D eigenvalue weighted by molar-refractivity contribution is 9.10. The standard InChI is InChI=1S/C22H17BrN2O4/c1-27-18-11-14(12-19(28-2)20(18)23)21(26)24-15-9-7-13(8-10-15)22-25-16-5-3-4-6-17(16)29-22/h3-12H,1-2H3,(H,24,26).